The number of amides is 1. The van der Waals surface area contributed by atoms with Gasteiger partial charge in [-0.25, -0.2) is 0 Å². The molecule has 1 aliphatic carbocycles. The van der Waals surface area contributed by atoms with E-state index in [2.05, 4.69) is 0 Å². The molecular weight excluding hydrogens is 240 g/mol. The van der Waals surface area contributed by atoms with Crippen LogP contribution in [0, 0.1) is 12.8 Å². The molecule has 1 aromatic carbocycles. The van der Waals surface area contributed by atoms with Crippen LogP contribution in [0.2, 0.25) is 0 Å². The number of hydrogen-bond acceptors (Lipinski definition) is 3. The Labute approximate surface area is 114 Å². The standard InChI is InChI=1S/C15H22N2O2/c1-10-6-7-14(18)12(8-10)15(19)17(2)13-5-3-4-11(13)9-16/h6-8,11,13,18H,3-5,9,16H2,1-2H3. The van der Waals surface area contributed by atoms with Crippen molar-refractivity contribution in [2.24, 2.45) is 11.7 Å². The van der Waals surface area contributed by atoms with Gasteiger partial charge in [-0.2, -0.15) is 0 Å². The lowest BCUT2D eigenvalue weighted by molar-refractivity contribution is 0.0697. The van der Waals surface area contributed by atoms with Crippen molar-refractivity contribution in [3.05, 3.63) is 29.3 Å². The monoisotopic (exact) mass is 262 g/mol. The van der Waals surface area contributed by atoms with Crippen molar-refractivity contribution in [1.29, 1.82) is 0 Å². The molecule has 19 heavy (non-hydrogen) atoms. The maximum Gasteiger partial charge on any atom is 0.257 e. The molecule has 0 heterocycles. The lowest BCUT2D eigenvalue weighted by Gasteiger charge is -2.29. The van der Waals surface area contributed by atoms with E-state index in [0.29, 0.717) is 18.0 Å². The second kappa shape index (κ2) is 5.61. The molecule has 0 saturated heterocycles. The zero-order valence-corrected chi connectivity index (χ0v) is 11.6. The molecule has 0 radical (unpaired) electrons. The maximum absolute atomic E-state index is 12.5. The normalized spacial score (nSPS) is 22.5. The molecule has 1 saturated carbocycles. The molecule has 104 valence electrons. The van der Waals surface area contributed by atoms with E-state index in [4.69, 9.17) is 5.73 Å². The first-order valence-corrected chi connectivity index (χ1v) is 6.81. The Hall–Kier alpha value is -1.55. The molecule has 2 rings (SSSR count). The zero-order valence-electron chi connectivity index (χ0n) is 11.6. The van der Waals surface area contributed by atoms with Crippen LogP contribution >= 0.6 is 0 Å². The highest BCUT2D eigenvalue weighted by atomic mass is 16.3. The van der Waals surface area contributed by atoms with E-state index in [9.17, 15) is 9.90 Å². The van der Waals surface area contributed by atoms with E-state index in [0.717, 1.165) is 24.8 Å². The fourth-order valence-electron chi connectivity index (χ4n) is 2.96. The van der Waals surface area contributed by atoms with Crippen molar-refractivity contribution in [3.8, 4) is 5.75 Å². The highest BCUT2D eigenvalue weighted by molar-refractivity contribution is 5.97. The Bertz CT molecular complexity index is 473. The van der Waals surface area contributed by atoms with Gasteiger partial charge in [0.05, 0.1) is 5.56 Å². The third-order valence-electron chi connectivity index (χ3n) is 4.12. The van der Waals surface area contributed by atoms with Crippen LogP contribution in [0.5, 0.6) is 5.75 Å². The average molecular weight is 262 g/mol. The van der Waals surface area contributed by atoms with Crippen LogP contribution < -0.4 is 5.73 Å². The summed E-state index contributed by atoms with van der Waals surface area (Å²) in [6.07, 6.45) is 3.19. The predicted molar refractivity (Wildman–Crippen MR) is 75.1 cm³/mol. The van der Waals surface area contributed by atoms with Gasteiger partial charge in [-0.15, -0.1) is 0 Å². The molecular formula is C15H22N2O2. The van der Waals surface area contributed by atoms with Gasteiger partial charge in [-0.3, -0.25) is 4.79 Å². The second-order valence-electron chi connectivity index (χ2n) is 5.43. The minimum Gasteiger partial charge on any atom is -0.507 e. The van der Waals surface area contributed by atoms with Crippen LogP contribution in [-0.4, -0.2) is 35.5 Å². The Balaban J connectivity index is 2.21. The SMILES string of the molecule is Cc1ccc(O)c(C(=O)N(C)C2CCCC2CN)c1. The number of phenols is 1. The first-order valence-electron chi connectivity index (χ1n) is 6.81. The molecule has 1 aliphatic rings. The summed E-state index contributed by atoms with van der Waals surface area (Å²) in [6, 6.07) is 5.30. The van der Waals surface area contributed by atoms with Gasteiger partial charge >= 0.3 is 0 Å². The average Bonchev–Trinajstić information content (AvgIpc) is 2.88. The van der Waals surface area contributed by atoms with Gasteiger partial charge in [-0.1, -0.05) is 18.1 Å². The molecule has 4 nitrogen and oxygen atoms in total. The van der Waals surface area contributed by atoms with Crippen LogP contribution in [0.3, 0.4) is 0 Å². The maximum atomic E-state index is 12.5. The number of nitrogens with two attached hydrogens (primary N) is 1. The quantitative estimate of drug-likeness (QED) is 0.874. The number of carbonyl (C=O) groups is 1. The minimum absolute atomic E-state index is 0.0461. The van der Waals surface area contributed by atoms with Gasteiger partial charge in [0.2, 0.25) is 0 Å². The Morgan fingerprint density at radius 2 is 2.21 bits per heavy atom. The number of benzene rings is 1. The van der Waals surface area contributed by atoms with Crippen LogP contribution in [0.15, 0.2) is 18.2 Å². The molecule has 1 aromatic rings. The fourth-order valence-corrected chi connectivity index (χ4v) is 2.96. The molecule has 1 fully saturated rings. The zero-order chi connectivity index (χ0) is 14.0. The highest BCUT2D eigenvalue weighted by Gasteiger charge is 2.32. The largest absolute Gasteiger partial charge is 0.507 e. The lowest BCUT2D eigenvalue weighted by atomic mass is 10.0. The van der Waals surface area contributed by atoms with E-state index in [1.54, 1.807) is 23.1 Å². The van der Waals surface area contributed by atoms with Gasteiger partial charge in [0, 0.05) is 13.1 Å². The molecule has 0 bridgehead atoms. The Kier molecular flexibility index (Phi) is 4.10. The molecule has 2 atom stereocenters. The molecule has 0 aliphatic heterocycles. The summed E-state index contributed by atoms with van der Waals surface area (Å²) in [7, 11) is 1.81. The lowest BCUT2D eigenvalue weighted by Crippen LogP contribution is -2.41. The molecule has 3 N–H and O–H groups in total. The van der Waals surface area contributed by atoms with Gasteiger partial charge in [-0.05, 0) is 44.4 Å². The van der Waals surface area contributed by atoms with Crippen LogP contribution in [-0.2, 0) is 0 Å². The summed E-state index contributed by atoms with van der Waals surface area (Å²) in [4.78, 5) is 14.2. The third-order valence-corrected chi connectivity index (χ3v) is 4.12. The molecule has 0 aromatic heterocycles. The van der Waals surface area contributed by atoms with Crippen molar-refractivity contribution in [3.63, 3.8) is 0 Å². The first-order chi connectivity index (χ1) is 9.04. The highest BCUT2D eigenvalue weighted by Crippen LogP contribution is 2.30. The van der Waals surface area contributed by atoms with Crippen molar-refractivity contribution < 1.29 is 9.90 Å². The van der Waals surface area contributed by atoms with Crippen LogP contribution in [0.25, 0.3) is 0 Å². The molecule has 2 unspecified atom stereocenters. The number of rotatable bonds is 3. The third kappa shape index (κ3) is 2.73. The Morgan fingerprint density at radius 3 is 2.89 bits per heavy atom. The molecule has 4 heteroatoms. The molecule has 1 amide bonds. The van der Waals surface area contributed by atoms with E-state index in [-0.39, 0.29) is 17.7 Å². The predicted octanol–water partition coefficient (Wildman–Crippen LogP) is 1.90. The summed E-state index contributed by atoms with van der Waals surface area (Å²) in [5.74, 6) is 0.303. The van der Waals surface area contributed by atoms with Gasteiger partial charge in [0.25, 0.3) is 5.91 Å². The van der Waals surface area contributed by atoms with Crippen molar-refractivity contribution >= 4 is 5.91 Å². The van der Waals surface area contributed by atoms with Gasteiger partial charge in [0.1, 0.15) is 5.75 Å². The number of aryl methyl sites for hydroxylation is 1. The fraction of sp³-hybridized carbons (Fsp3) is 0.533. The summed E-state index contributed by atoms with van der Waals surface area (Å²) >= 11 is 0. The van der Waals surface area contributed by atoms with E-state index in [1.165, 1.54) is 0 Å². The van der Waals surface area contributed by atoms with Crippen LogP contribution in [0.1, 0.15) is 35.2 Å². The van der Waals surface area contributed by atoms with E-state index in [1.807, 2.05) is 14.0 Å². The van der Waals surface area contributed by atoms with E-state index < -0.39 is 0 Å². The smallest absolute Gasteiger partial charge is 0.257 e. The summed E-state index contributed by atoms with van der Waals surface area (Å²) in [5, 5.41) is 9.85. The number of aromatic hydroxyl groups is 1. The van der Waals surface area contributed by atoms with Crippen molar-refractivity contribution in [2.45, 2.75) is 32.2 Å². The first kappa shape index (κ1) is 13.9. The number of hydrogen-bond donors (Lipinski definition) is 2. The summed E-state index contributed by atoms with van der Waals surface area (Å²) in [6.45, 7) is 2.52. The van der Waals surface area contributed by atoms with Crippen molar-refractivity contribution in [1.82, 2.24) is 4.90 Å². The summed E-state index contributed by atoms with van der Waals surface area (Å²) in [5.41, 5.74) is 7.12. The Morgan fingerprint density at radius 1 is 1.47 bits per heavy atom. The van der Waals surface area contributed by atoms with Gasteiger partial charge < -0.3 is 15.7 Å². The molecule has 0 spiro atoms. The summed E-state index contributed by atoms with van der Waals surface area (Å²) < 4.78 is 0. The number of nitrogens with zero attached hydrogens (tertiary/aromatic N) is 1. The van der Waals surface area contributed by atoms with Crippen LogP contribution in [0.4, 0.5) is 0 Å². The minimum atomic E-state index is -0.119. The second-order valence-corrected chi connectivity index (χ2v) is 5.43. The number of carbonyl (C=O) groups excluding carboxylic acids is 1. The van der Waals surface area contributed by atoms with Gasteiger partial charge in [0.15, 0.2) is 0 Å². The topological polar surface area (TPSA) is 66.6 Å². The van der Waals surface area contributed by atoms with E-state index >= 15 is 0 Å². The van der Waals surface area contributed by atoms with Crippen molar-refractivity contribution in [2.75, 3.05) is 13.6 Å². The number of phenolic OH excluding ortho intramolecular Hbond substituents is 1.